The second-order valence-electron chi connectivity index (χ2n) is 4.42. The van der Waals surface area contributed by atoms with Crippen molar-refractivity contribution in [3.8, 4) is 0 Å². The summed E-state index contributed by atoms with van der Waals surface area (Å²) in [5, 5.41) is 0. The molecular weight excluding hydrogens is 260 g/mol. The van der Waals surface area contributed by atoms with Gasteiger partial charge in [0.1, 0.15) is 12.2 Å². The number of cyclic esters (lactones) is 1. The van der Waals surface area contributed by atoms with Crippen molar-refractivity contribution < 1.29 is 23.7 Å². The molecule has 20 heavy (non-hydrogen) atoms. The molecule has 2 heterocycles. The highest BCUT2D eigenvalue weighted by molar-refractivity contribution is 5.87. The van der Waals surface area contributed by atoms with Gasteiger partial charge in [0, 0.05) is 0 Å². The lowest BCUT2D eigenvalue weighted by Crippen LogP contribution is -2.06. The van der Waals surface area contributed by atoms with E-state index in [-0.39, 0.29) is 12.2 Å². The Balaban J connectivity index is 1.86. The van der Waals surface area contributed by atoms with Crippen LogP contribution in [-0.4, -0.2) is 26.3 Å². The highest BCUT2D eigenvalue weighted by atomic mass is 16.6. The van der Waals surface area contributed by atoms with Gasteiger partial charge in [-0.2, -0.15) is 0 Å². The zero-order chi connectivity index (χ0) is 14.1. The van der Waals surface area contributed by atoms with Crippen LogP contribution in [0.2, 0.25) is 0 Å². The van der Waals surface area contributed by atoms with Crippen molar-refractivity contribution in [3.63, 3.8) is 0 Å². The molecule has 0 N–H and O–H groups in total. The zero-order valence-electron chi connectivity index (χ0n) is 11.2. The van der Waals surface area contributed by atoms with E-state index in [0.717, 1.165) is 5.56 Å². The Morgan fingerprint density at radius 1 is 1.20 bits per heavy atom. The number of rotatable bonds is 4. The van der Waals surface area contributed by atoms with Gasteiger partial charge in [-0.1, -0.05) is 30.3 Å². The third-order valence-corrected chi connectivity index (χ3v) is 3.22. The summed E-state index contributed by atoms with van der Waals surface area (Å²) in [6.45, 7) is 0. The molecule has 3 rings (SSSR count). The Bertz CT molecular complexity index is 588. The normalized spacial score (nSPS) is 26.7. The van der Waals surface area contributed by atoms with Crippen LogP contribution >= 0.6 is 0 Å². The molecule has 1 aromatic rings. The third-order valence-electron chi connectivity index (χ3n) is 3.22. The standard InChI is InChI=1S/C15H14O5/c1-17-10-8-11(16)19-13(10)14(18-2)15-12(20-15)9-6-4-3-5-7-9/h3-8,12,15H,1-2H3/t12-,15-/m0/s1. The third kappa shape index (κ3) is 2.16. The van der Waals surface area contributed by atoms with Crippen LogP contribution < -0.4 is 0 Å². The molecule has 1 fully saturated rings. The molecule has 0 spiro atoms. The van der Waals surface area contributed by atoms with Crippen molar-refractivity contribution in [2.75, 3.05) is 14.2 Å². The summed E-state index contributed by atoms with van der Waals surface area (Å²) in [5.74, 6) is 0.652. The number of carbonyl (C=O) groups is 1. The summed E-state index contributed by atoms with van der Waals surface area (Å²) in [7, 11) is 3.00. The van der Waals surface area contributed by atoms with Gasteiger partial charge in [-0.05, 0) is 5.56 Å². The molecular formula is C15H14O5. The minimum atomic E-state index is -0.469. The smallest absolute Gasteiger partial charge is 0.340 e. The molecule has 0 amide bonds. The fraction of sp³-hybridized carbons (Fsp3) is 0.267. The van der Waals surface area contributed by atoms with E-state index >= 15 is 0 Å². The van der Waals surface area contributed by atoms with Crippen LogP contribution in [0.3, 0.4) is 0 Å². The van der Waals surface area contributed by atoms with Crippen molar-refractivity contribution in [2.24, 2.45) is 0 Å². The summed E-state index contributed by atoms with van der Waals surface area (Å²) in [6.07, 6.45) is 0.937. The number of esters is 1. The molecule has 1 aromatic carbocycles. The number of benzene rings is 1. The first-order chi connectivity index (χ1) is 9.74. The van der Waals surface area contributed by atoms with E-state index in [9.17, 15) is 4.79 Å². The fourth-order valence-electron chi connectivity index (χ4n) is 2.22. The first-order valence-electron chi connectivity index (χ1n) is 6.21. The van der Waals surface area contributed by atoms with Crippen molar-refractivity contribution in [3.05, 3.63) is 59.2 Å². The van der Waals surface area contributed by atoms with Gasteiger partial charge in [-0.3, -0.25) is 0 Å². The van der Waals surface area contributed by atoms with Crippen LogP contribution in [0.5, 0.6) is 0 Å². The Hall–Kier alpha value is -2.27. The lowest BCUT2D eigenvalue weighted by atomic mass is 10.1. The molecule has 5 nitrogen and oxygen atoms in total. The molecule has 0 aromatic heterocycles. The maximum Gasteiger partial charge on any atom is 0.340 e. The average molecular weight is 274 g/mol. The summed E-state index contributed by atoms with van der Waals surface area (Å²) >= 11 is 0. The largest absolute Gasteiger partial charge is 0.494 e. The summed E-state index contributed by atoms with van der Waals surface area (Å²) in [4.78, 5) is 11.3. The van der Waals surface area contributed by atoms with Gasteiger partial charge in [0.2, 0.25) is 5.76 Å². The monoisotopic (exact) mass is 274 g/mol. The van der Waals surface area contributed by atoms with Crippen molar-refractivity contribution in [1.82, 2.24) is 0 Å². The SMILES string of the molecule is COC1=CC(=O)OC1=C(OC)[C@H]1O[C@H]1c1ccccc1. The van der Waals surface area contributed by atoms with E-state index in [4.69, 9.17) is 18.9 Å². The highest BCUT2D eigenvalue weighted by Gasteiger charge is 2.47. The van der Waals surface area contributed by atoms with E-state index < -0.39 is 5.97 Å². The molecule has 2 aliphatic rings. The average Bonchev–Trinajstić information content (AvgIpc) is 3.17. The molecule has 0 bridgehead atoms. The maximum atomic E-state index is 11.3. The number of carbonyl (C=O) groups excluding carboxylic acids is 1. The van der Waals surface area contributed by atoms with Crippen molar-refractivity contribution in [2.45, 2.75) is 12.2 Å². The summed E-state index contributed by atoms with van der Waals surface area (Å²) in [6, 6.07) is 9.81. The van der Waals surface area contributed by atoms with Crippen molar-refractivity contribution in [1.29, 1.82) is 0 Å². The molecule has 0 saturated carbocycles. The van der Waals surface area contributed by atoms with Gasteiger partial charge in [0.05, 0.1) is 20.3 Å². The second-order valence-corrected chi connectivity index (χ2v) is 4.42. The minimum absolute atomic E-state index is 0.0870. The fourth-order valence-corrected chi connectivity index (χ4v) is 2.22. The van der Waals surface area contributed by atoms with Gasteiger partial charge in [-0.15, -0.1) is 0 Å². The zero-order valence-corrected chi connectivity index (χ0v) is 11.2. The second kappa shape index (κ2) is 5.02. The molecule has 5 heteroatoms. The number of methoxy groups -OCH3 is 2. The maximum absolute atomic E-state index is 11.3. The molecule has 1 saturated heterocycles. The molecule has 2 aliphatic heterocycles. The minimum Gasteiger partial charge on any atom is -0.494 e. The van der Waals surface area contributed by atoms with Gasteiger partial charge in [-0.25, -0.2) is 4.79 Å². The van der Waals surface area contributed by atoms with Crippen LogP contribution in [0.25, 0.3) is 0 Å². The van der Waals surface area contributed by atoms with E-state index in [1.54, 1.807) is 0 Å². The summed E-state index contributed by atoms with van der Waals surface area (Å²) < 4.78 is 21.2. The van der Waals surface area contributed by atoms with Gasteiger partial charge < -0.3 is 18.9 Å². The van der Waals surface area contributed by atoms with Crippen LogP contribution in [0, 0.1) is 0 Å². The Morgan fingerprint density at radius 3 is 2.60 bits per heavy atom. The van der Waals surface area contributed by atoms with E-state index in [1.165, 1.54) is 20.3 Å². The summed E-state index contributed by atoms with van der Waals surface area (Å²) in [5.41, 5.74) is 1.06. The molecule has 2 atom stereocenters. The molecule has 0 unspecified atom stereocenters. The van der Waals surface area contributed by atoms with Gasteiger partial charge in [0.25, 0.3) is 0 Å². The van der Waals surface area contributed by atoms with Crippen LogP contribution in [0.1, 0.15) is 11.7 Å². The van der Waals surface area contributed by atoms with E-state index in [2.05, 4.69) is 0 Å². The quantitative estimate of drug-likeness (QED) is 0.478. The molecule has 104 valence electrons. The Morgan fingerprint density at radius 2 is 1.95 bits per heavy atom. The highest BCUT2D eigenvalue weighted by Crippen LogP contribution is 2.45. The van der Waals surface area contributed by atoms with Crippen molar-refractivity contribution >= 4 is 5.97 Å². The van der Waals surface area contributed by atoms with Gasteiger partial charge in [0.15, 0.2) is 11.5 Å². The lowest BCUT2D eigenvalue weighted by molar-refractivity contribution is -0.132. The number of hydrogen-bond acceptors (Lipinski definition) is 5. The van der Waals surface area contributed by atoms with Crippen LogP contribution in [-0.2, 0) is 23.7 Å². The predicted octanol–water partition coefficient (Wildman–Crippen LogP) is 2.07. The first-order valence-corrected chi connectivity index (χ1v) is 6.21. The van der Waals surface area contributed by atoms with Gasteiger partial charge >= 0.3 is 5.97 Å². The number of hydrogen-bond donors (Lipinski definition) is 0. The molecule has 0 aliphatic carbocycles. The topological polar surface area (TPSA) is 57.3 Å². The van der Waals surface area contributed by atoms with Crippen LogP contribution in [0.15, 0.2) is 53.7 Å². The number of epoxide rings is 1. The Labute approximate surface area is 116 Å². The first kappa shape index (κ1) is 12.7. The lowest BCUT2D eigenvalue weighted by Gasteiger charge is -2.09. The molecule has 0 radical (unpaired) electrons. The number of ether oxygens (including phenoxy) is 4. The Kier molecular flexibility index (Phi) is 3.20. The predicted molar refractivity (Wildman–Crippen MR) is 69.3 cm³/mol. The van der Waals surface area contributed by atoms with E-state index in [0.29, 0.717) is 17.3 Å². The van der Waals surface area contributed by atoms with E-state index in [1.807, 2.05) is 30.3 Å². The van der Waals surface area contributed by atoms with Crippen LogP contribution in [0.4, 0.5) is 0 Å².